The van der Waals surface area contributed by atoms with Crippen LogP contribution in [0.25, 0.3) is 5.69 Å². The summed E-state index contributed by atoms with van der Waals surface area (Å²) in [5, 5.41) is 7.57. The Bertz CT molecular complexity index is 492. The summed E-state index contributed by atoms with van der Waals surface area (Å²) in [6, 6.07) is 10.3. The molecule has 92 valence electrons. The van der Waals surface area contributed by atoms with E-state index in [-0.39, 0.29) is 0 Å². The lowest BCUT2D eigenvalue weighted by Gasteiger charge is -2.05. The minimum Gasteiger partial charge on any atom is -0.313 e. The Kier molecular flexibility index (Phi) is 4.57. The van der Waals surface area contributed by atoms with E-state index < -0.39 is 0 Å². The molecular formula is C15H17N3. The topological polar surface area (TPSA) is 29.9 Å². The van der Waals surface area contributed by atoms with Gasteiger partial charge in [0.05, 0.1) is 5.69 Å². The van der Waals surface area contributed by atoms with Gasteiger partial charge in [0.1, 0.15) is 0 Å². The van der Waals surface area contributed by atoms with Crippen LogP contribution < -0.4 is 5.32 Å². The van der Waals surface area contributed by atoms with Gasteiger partial charge in [0.25, 0.3) is 0 Å². The van der Waals surface area contributed by atoms with Crippen molar-refractivity contribution in [2.24, 2.45) is 0 Å². The Morgan fingerprint density at radius 1 is 1.28 bits per heavy atom. The molecule has 0 saturated carbocycles. The van der Waals surface area contributed by atoms with Crippen molar-refractivity contribution in [3.05, 3.63) is 48.3 Å². The van der Waals surface area contributed by atoms with Gasteiger partial charge in [-0.2, -0.15) is 5.10 Å². The fourth-order valence-electron chi connectivity index (χ4n) is 1.74. The molecule has 0 aliphatic rings. The second kappa shape index (κ2) is 6.63. The summed E-state index contributed by atoms with van der Waals surface area (Å²) in [5.41, 5.74) is 2.35. The van der Waals surface area contributed by atoms with Gasteiger partial charge in [0.15, 0.2) is 0 Å². The molecule has 1 aromatic heterocycles. The Morgan fingerprint density at radius 3 is 2.78 bits per heavy atom. The van der Waals surface area contributed by atoms with Crippen molar-refractivity contribution in [1.29, 1.82) is 0 Å². The first kappa shape index (κ1) is 12.4. The second-order valence-corrected chi connectivity index (χ2v) is 4.10. The van der Waals surface area contributed by atoms with E-state index in [1.165, 1.54) is 5.56 Å². The van der Waals surface area contributed by atoms with Gasteiger partial charge in [-0.1, -0.05) is 12.1 Å². The Hall–Kier alpha value is -2.05. The van der Waals surface area contributed by atoms with Gasteiger partial charge in [-0.05, 0) is 36.7 Å². The van der Waals surface area contributed by atoms with Crippen LogP contribution in [-0.2, 0) is 6.54 Å². The molecule has 3 heteroatoms. The molecule has 0 fully saturated rings. The number of nitrogens with zero attached hydrogens (tertiary/aromatic N) is 2. The van der Waals surface area contributed by atoms with Crippen LogP contribution in [0.2, 0.25) is 0 Å². The molecule has 0 atom stereocenters. The van der Waals surface area contributed by atoms with E-state index >= 15 is 0 Å². The van der Waals surface area contributed by atoms with Crippen molar-refractivity contribution in [1.82, 2.24) is 15.1 Å². The normalized spacial score (nSPS) is 10.2. The molecule has 3 nitrogen and oxygen atoms in total. The smallest absolute Gasteiger partial charge is 0.0645 e. The molecule has 0 amide bonds. The maximum Gasteiger partial charge on any atom is 0.0645 e. The molecule has 1 N–H and O–H groups in total. The highest BCUT2D eigenvalue weighted by Gasteiger charge is 1.96. The third-order valence-electron chi connectivity index (χ3n) is 2.71. The highest BCUT2D eigenvalue weighted by Crippen LogP contribution is 2.08. The zero-order chi connectivity index (χ0) is 12.6. The standard InChI is InChI=1S/C15H17N3/c1-2-3-4-10-16-13-14-6-8-15(9-7-14)18-12-5-11-17-18/h1,5-9,11-12,16H,3-4,10,13H2. The van der Waals surface area contributed by atoms with Gasteiger partial charge in [-0.3, -0.25) is 0 Å². The van der Waals surface area contributed by atoms with Crippen LogP contribution in [0.5, 0.6) is 0 Å². The van der Waals surface area contributed by atoms with Gasteiger partial charge in [-0.15, -0.1) is 12.3 Å². The van der Waals surface area contributed by atoms with Crippen molar-refractivity contribution >= 4 is 0 Å². The van der Waals surface area contributed by atoms with Gasteiger partial charge in [-0.25, -0.2) is 4.68 Å². The summed E-state index contributed by atoms with van der Waals surface area (Å²) in [5.74, 6) is 2.64. The lowest BCUT2D eigenvalue weighted by molar-refractivity contribution is 0.659. The zero-order valence-corrected chi connectivity index (χ0v) is 10.3. The minimum atomic E-state index is 0.839. The van der Waals surface area contributed by atoms with E-state index in [0.29, 0.717) is 0 Å². The summed E-state index contributed by atoms with van der Waals surface area (Å²) in [7, 11) is 0. The van der Waals surface area contributed by atoms with Crippen LogP contribution >= 0.6 is 0 Å². The highest BCUT2D eigenvalue weighted by molar-refractivity contribution is 5.33. The average Bonchev–Trinajstić information content (AvgIpc) is 2.93. The van der Waals surface area contributed by atoms with Gasteiger partial charge in [0.2, 0.25) is 0 Å². The van der Waals surface area contributed by atoms with Gasteiger partial charge < -0.3 is 5.32 Å². The van der Waals surface area contributed by atoms with E-state index in [1.54, 1.807) is 6.20 Å². The molecule has 0 saturated heterocycles. The summed E-state index contributed by atoms with van der Waals surface area (Å²) >= 11 is 0. The van der Waals surface area contributed by atoms with E-state index in [1.807, 2.05) is 16.9 Å². The molecular weight excluding hydrogens is 222 g/mol. The predicted octanol–water partition coefficient (Wildman–Crippen LogP) is 2.38. The van der Waals surface area contributed by atoms with Gasteiger partial charge >= 0.3 is 0 Å². The van der Waals surface area contributed by atoms with Crippen LogP contribution in [0.1, 0.15) is 18.4 Å². The number of terminal acetylenes is 1. The van der Waals surface area contributed by atoms with E-state index in [0.717, 1.165) is 31.6 Å². The summed E-state index contributed by atoms with van der Waals surface area (Å²) < 4.78 is 1.85. The number of rotatable bonds is 6. The number of nitrogens with one attached hydrogen (secondary N) is 1. The first-order valence-electron chi connectivity index (χ1n) is 6.13. The molecule has 0 bridgehead atoms. The fraction of sp³-hybridized carbons (Fsp3) is 0.267. The molecule has 0 radical (unpaired) electrons. The SMILES string of the molecule is C#CCCCNCc1ccc(-n2cccn2)cc1. The highest BCUT2D eigenvalue weighted by atomic mass is 15.3. The fourth-order valence-corrected chi connectivity index (χ4v) is 1.74. The third kappa shape index (κ3) is 3.47. The van der Waals surface area contributed by atoms with Crippen LogP contribution in [-0.4, -0.2) is 16.3 Å². The maximum atomic E-state index is 5.20. The summed E-state index contributed by atoms with van der Waals surface area (Å²) in [6.07, 6.45) is 10.8. The molecule has 0 unspecified atom stereocenters. The molecule has 2 rings (SSSR count). The van der Waals surface area contributed by atoms with Gasteiger partial charge in [0, 0.05) is 25.4 Å². The molecule has 0 spiro atoms. The monoisotopic (exact) mass is 239 g/mol. The number of hydrogen-bond donors (Lipinski definition) is 1. The van der Waals surface area contributed by atoms with Crippen molar-refractivity contribution in [2.45, 2.75) is 19.4 Å². The zero-order valence-electron chi connectivity index (χ0n) is 10.3. The van der Waals surface area contributed by atoms with Crippen molar-refractivity contribution in [2.75, 3.05) is 6.54 Å². The summed E-state index contributed by atoms with van der Waals surface area (Å²) in [6.45, 7) is 1.84. The van der Waals surface area contributed by atoms with Crippen LogP contribution in [0.3, 0.4) is 0 Å². The van der Waals surface area contributed by atoms with Crippen molar-refractivity contribution in [3.63, 3.8) is 0 Å². The Labute approximate surface area is 108 Å². The number of hydrogen-bond acceptors (Lipinski definition) is 2. The van der Waals surface area contributed by atoms with Crippen LogP contribution in [0.4, 0.5) is 0 Å². The molecule has 0 aliphatic heterocycles. The number of benzene rings is 1. The lowest BCUT2D eigenvalue weighted by Crippen LogP contribution is -2.14. The van der Waals surface area contributed by atoms with Crippen LogP contribution in [0.15, 0.2) is 42.7 Å². The van der Waals surface area contributed by atoms with Crippen LogP contribution in [0, 0.1) is 12.3 Å². The maximum absolute atomic E-state index is 5.20. The lowest BCUT2D eigenvalue weighted by atomic mass is 10.2. The molecule has 1 heterocycles. The Balaban J connectivity index is 1.83. The molecule has 1 aromatic carbocycles. The number of aromatic nitrogens is 2. The summed E-state index contributed by atoms with van der Waals surface area (Å²) in [4.78, 5) is 0. The van der Waals surface area contributed by atoms with E-state index in [9.17, 15) is 0 Å². The minimum absolute atomic E-state index is 0.839. The van der Waals surface area contributed by atoms with Crippen molar-refractivity contribution in [3.8, 4) is 18.0 Å². The average molecular weight is 239 g/mol. The van der Waals surface area contributed by atoms with Crippen molar-refractivity contribution < 1.29 is 0 Å². The molecule has 2 aromatic rings. The second-order valence-electron chi connectivity index (χ2n) is 4.10. The predicted molar refractivity (Wildman–Crippen MR) is 73.3 cm³/mol. The Morgan fingerprint density at radius 2 is 2.11 bits per heavy atom. The first-order chi connectivity index (χ1) is 8.90. The number of unbranched alkanes of at least 4 members (excludes halogenated alkanes) is 1. The van der Waals surface area contributed by atoms with E-state index in [2.05, 4.69) is 40.6 Å². The third-order valence-corrected chi connectivity index (χ3v) is 2.71. The van der Waals surface area contributed by atoms with E-state index in [4.69, 9.17) is 6.42 Å². The quantitative estimate of drug-likeness (QED) is 0.619. The molecule has 18 heavy (non-hydrogen) atoms. The largest absolute Gasteiger partial charge is 0.313 e. The molecule has 0 aliphatic carbocycles. The first-order valence-corrected chi connectivity index (χ1v) is 6.13.